The average molecular weight is 464 g/mol. The average Bonchev–Trinajstić information content (AvgIpc) is 3.46. The molecule has 2 heterocycles. The lowest BCUT2D eigenvalue weighted by Gasteiger charge is -2.24. The van der Waals surface area contributed by atoms with Crippen molar-refractivity contribution in [1.29, 1.82) is 0 Å². The third-order valence-electron chi connectivity index (χ3n) is 6.84. The second-order valence-corrected chi connectivity index (χ2v) is 10.2. The van der Waals surface area contributed by atoms with Crippen LogP contribution in [0.4, 0.5) is 13.2 Å². The molecule has 1 aromatic carbocycles. The number of fused-ring (bicyclic) bond motifs is 2. The SMILES string of the molecule is Cc1c(-c2cc3c(s2)CCC(C(C)N)C3)c(F)c(C(F)F)c2c(=O)[nH]c(=O)n(C3CC3)c12. The van der Waals surface area contributed by atoms with Crippen molar-refractivity contribution in [3.05, 3.63) is 54.3 Å². The Balaban J connectivity index is 1.81. The van der Waals surface area contributed by atoms with Gasteiger partial charge in [-0.1, -0.05) is 0 Å². The molecule has 32 heavy (non-hydrogen) atoms. The first-order valence-corrected chi connectivity index (χ1v) is 11.7. The fourth-order valence-electron chi connectivity index (χ4n) is 5.00. The van der Waals surface area contributed by atoms with E-state index in [1.165, 1.54) is 15.9 Å². The molecule has 5 rings (SSSR count). The largest absolute Gasteiger partial charge is 0.329 e. The maximum absolute atomic E-state index is 15.7. The van der Waals surface area contributed by atoms with E-state index in [0.29, 0.717) is 29.2 Å². The third-order valence-corrected chi connectivity index (χ3v) is 8.10. The van der Waals surface area contributed by atoms with E-state index in [4.69, 9.17) is 5.73 Å². The van der Waals surface area contributed by atoms with E-state index in [1.54, 1.807) is 6.92 Å². The van der Waals surface area contributed by atoms with Gasteiger partial charge in [-0.3, -0.25) is 14.3 Å². The molecule has 1 saturated carbocycles. The van der Waals surface area contributed by atoms with Gasteiger partial charge in [0.2, 0.25) is 0 Å². The Kier molecular flexibility index (Phi) is 5.09. The molecular formula is C23H24F3N3O2S. The lowest BCUT2D eigenvalue weighted by molar-refractivity contribution is 0.148. The highest BCUT2D eigenvalue weighted by molar-refractivity contribution is 7.15. The van der Waals surface area contributed by atoms with Crippen LogP contribution in [0.5, 0.6) is 0 Å². The number of halogens is 3. The van der Waals surface area contributed by atoms with Crippen LogP contribution in [0, 0.1) is 18.7 Å². The van der Waals surface area contributed by atoms with E-state index in [1.807, 2.05) is 13.0 Å². The van der Waals surface area contributed by atoms with Gasteiger partial charge in [-0.05, 0) is 69.1 Å². The molecular weight excluding hydrogens is 439 g/mol. The molecule has 2 aromatic heterocycles. The van der Waals surface area contributed by atoms with Crippen LogP contribution < -0.4 is 17.0 Å². The van der Waals surface area contributed by atoms with E-state index in [-0.39, 0.29) is 23.2 Å². The van der Waals surface area contributed by atoms with Gasteiger partial charge >= 0.3 is 5.69 Å². The summed E-state index contributed by atoms with van der Waals surface area (Å²) in [5, 5.41) is -0.427. The number of H-pyrrole nitrogens is 1. The van der Waals surface area contributed by atoms with Crippen molar-refractivity contribution in [3.8, 4) is 10.4 Å². The number of benzene rings is 1. The maximum Gasteiger partial charge on any atom is 0.329 e. The van der Waals surface area contributed by atoms with Crippen LogP contribution in [0.2, 0.25) is 0 Å². The maximum atomic E-state index is 15.7. The molecule has 2 aliphatic carbocycles. The van der Waals surface area contributed by atoms with Crippen molar-refractivity contribution in [2.45, 2.75) is 64.5 Å². The van der Waals surface area contributed by atoms with Crippen molar-refractivity contribution in [1.82, 2.24) is 9.55 Å². The van der Waals surface area contributed by atoms with Gasteiger partial charge in [0.1, 0.15) is 5.82 Å². The first kappa shape index (κ1) is 21.5. The second kappa shape index (κ2) is 7.59. The van der Waals surface area contributed by atoms with Crippen LogP contribution in [-0.2, 0) is 12.8 Å². The number of nitrogens with one attached hydrogen (secondary N) is 1. The second-order valence-electron chi connectivity index (χ2n) is 9.03. The number of alkyl halides is 2. The van der Waals surface area contributed by atoms with Gasteiger partial charge in [-0.25, -0.2) is 18.0 Å². The van der Waals surface area contributed by atoms with Crippen LogP contribution >= 0.6 is 11.3 Å². The van der Waals surface area contributed by atoms with Gasteiger partial charge in [-0.15, -0.1) is 11.3 Å². The molecule has 0 bridgehead atoms. The molecule has 5 nitrogen and oxygen atoms in total. The number of nitrogens with zero attached hydrogens (tertiary/aromatic N) is 1. The first-order valence-electron chi connectivity index (χ1n) is 10.8. The van der Waals surface area contributed by atoms with E-state index in [0.717, 1.165) is 29.7 Å². The Bertz CT molecular complexity index is 1350. The molecule has 0 saturated heterocycles. The van der Waals surface area contributed by atoms with Crippen molar-refractivity contribution >= 4 is 22.2 Å². The molecule has 1 fully saturated rings. The van der Waals surface area contributed by atoms with Gasteiger partial charge in [-0.2, -0.15) is 0 Å². The molecule has 9 heteroatoms. The molecule has 170 valence electrons. The van der Waals surface area contributed by atoms with Crippen LogP contribution in [0.1, 0.15) is 60.2 Å². The zero-order valence-corrected chi connectivity index (χ0v) is 18.6. The number of aryl methyl sites for hydroxylation is 2. The number of rotatable bonds is 4. The van der Waals surface area contributed by atoms with Gasteiger partial charge in [0.15, 0.2) is 0 Å². The summed E-state index contributed by atoms with van der Waals surface area (Å²) in [5.74, 6) is -0.762. The highest BCUT2D eigenvalue weighted by Gasteiger charge is 2.34. The summed E-state index contributed by atoms with van der Waals surface area (Å²) in [5.41, 5.74) is 5.12. The quantitative estimate of drug-likeness (QED) is 0.594. The Morgan fingerprint density at radius 2 is 1.97 bits per heavy atom. The van der Waals surface area contributed by atoms with E-state index in [9.17, 15) is 18.4 Å². The summed E-state index contributed by atoms with van der Waals surface area (Å²) in [6, 6.07) is 1.73. The van der Waals surface area contributed by atoms with E-state index >= 15 is 4.39 Å². The Morgan fingerprint density at radius 1 is 1.25 bits per heavy atom. The van der Waals surface area contributed by atoms with E-state index < -0.39 is 34.4 Å². The molecule has 0 aliphatic heterocycles. The summed E-state index contributed by atoms with van der Waals surface area (Å²) in [6.45, 7) is 3.58. The number of aromatic amines is 1. The third kappa shape index (κ3) is 3.25. The summed E-state index contributed by atoms with van der Waals surface area (Å²) >= 11 is 1.40. The fourth-order valence-corrected chi connectivity index (χ4v) is 6.30. The summed E-state index contributed by atoms with van der Waals surface area (Å²) in [6.07, 6.45) is 0.746. The molecule has 3 N–H and O–H groups in total. The summed E-state index contributed by atoms with van der Waals surface area (Å²) in [4.78, 5) is 28.9. The topological polar surface area (TPSA) is 80.9 Å². The van der Waals surface area contributed by atoms with Gasteiger partial charge in [0.05, 0.1) is 16.5 Å². The van der Waals surface area contributed by atoms with Crippen LogP contribution in [0.15, 0.2) is 15.7 Å². The van der Waals surface area contributed by atoms with Gasteiger partial charge in [0, 0.05) is 27.4 Å². The zero-order chi connectivity index (χ0) is 22.9. The lowest BCUT2D eigenvalue weighted by atomic mass is 9.84. The fraction of sp³-hybridized carbons (Fsp3) is 0.478. The Labute approximate surface area is 186 Å². The van der Waals surface area contributed by atoms with E-state index in [2.05, 4.69) is 4.98 Å². The van der Waals surface area contributed by atoms with Crippen LogP contribution in [-0.4, -0.2) is 15.6 Å². The Morgan fingerprint density at radius 3 is 2.59 bits per heavy atom. The van der Waals surface area contributed by atoms with Crippen molar-refractivity contribution in [2.75, 3.05) is 0 Å². The normalized spacial score (nSPS) is 19.5. The van der Waals surface area contributed by atoms with Crippen LogP contribution in [0.25, 0.3) is 21.3 Å². The van der Waals surface area contributed by atoms with Crippen LogP contribution in [0.3, 0.4) is 0 Å². The molecule has 2 aliphatic rings. The molecule has 3 aromatic rings. The highest BCUT2D eigenvalue weighted by atomic mass is 32.1. The minimum absolute atomic E-state index is 0.0378. The smallest absolute Gasteiger partial charge is 0.328 e. The molecule has 0 amide bonds. The number of thiophene rings is 1. The van der Waals surface area contributed by atoms with Crippen molar-refractivity contribution < 1.29 is 13.2 Å². The lowest BCUT2D eigenvalue weighted by Crippen LogP contribution is -2.31. The molecule has 0 spiro atoms. The van der Waals surface area contributed by atoms with Crippen molar-refractivity contribution in [3.63, 3.8) is 0 Å². The monoisotopic (exact) mass is 463 g/mol. The predicted octanol–water partition coefficient (Wildman–Crippen LogP) is 4.59. The predicted molar refractivity (Wildman–Crippen MR) is 119 cm³/mol. The molecule has 2 unspecified atom stereocenters. The standard InChI is InChI=1S/C23H24F3N3O2S/c1-9-16(15-8-12-7-11(10(2)27)3-6-14(12)32-15)19(24)17(21(25)26)18-20(9)29(13-4-5-13)23(31)28-22(18)30/h8,10-11,13,21H,3-7,27H2,1-2H3,(H,28,30,31). The first-order chi connectivity index (χ1) is 15.2. The molecule has 0 radical (unpaired) electrons. The number of hydrogen-bond acceptors (Lipinski definition) is 4. The van der Waals surface area contributed by atoms with Gasteiger partial charge < -0.3 is 5.73 Å². The summed E-state index contributed by atoms with van der Waals surface area (Å²) < 4.78 is 45.2. The highest BCUT2D eigenvalue weighted by Crippen LogP contribution is 2.45. The van der Waals surface area contributed by atoms with Gasteiger partial charge in [0.25, 0.3) is 12.0 Å². The number of nitrogens with two attached hydrogens (primary N) is 1. The molecule has 2 atom stereocenters. The minimum Gasteiger partial charge on any atom is -0.328 e. The number of hydrogen-bond donors (Lipinski definition) is 2. The van der Waals surface area contributed by atoms with Crippen molar-refractivity contribution in [2.24, 2.45) is 11.7 Å². The summed E-state index contributed by atoms with van der Waals surface area (Å²) in [7, 11) is 0. The Hall–Kier alpha value is -2.39. The zero-order valence-electron chi connectivity index (χ0n) is 17.8. The number of aromatic nitrogens is 2. The minimum atomic E-state index is -3.19.